The Morgan fingerprint density at radius 3 is 2.94 bits per heavy atom. The third-order valence-corrected chi connectivity index (χ3v) is 3.53. The Balaban J connectivity index is 2.29. The van der Waals surface area contributed by atoms with Gasteiger partial charge in [0.2, 0.25) is 6.79 Å². The van der Waals surface area contributed by atoms with Gasteiger partial charge in [0.1, 0.15) is 0 Å². The Bertz CT molecular complexity index is 484. The minimum Gasteiger partial charge on any atom is -0.454 e. The molecule has 0 radical (unpaired) electrons. The van der Waals surface area contributed by atoms with E-state index in [9.17, 15) is 5.11 Å². The van der Waals surface area contributed by atoms with Crippen molar-refractivity contribution in [2.75, 3.05) is 6.79 Å². The van der Waals surface area contributed by atoms with Gasteiger partial charge in [0, 0.05) is 0 Å². The molecule has 0 amide bonds. The number of benzene rings is 1. The maximum atomic E-state index is 10.2. The minimum atomic E-state index is -0.805. The van der Waals surface area contributed by atoms with E-state index < -0.39 is 12.0 Å². The van der Waals surface area contributed by atoms with Crippen molar-refractivity contribution in [1.82, 2.24) is 0 Å². The van der Waals surface area contributed by atoms with Gasteiger partial charge in [-0.1, -0.05) is 13.3 Å². The Morgan fingerprint density at radius 1 is 1.50 bits per heavy atom. The highest BCUT2D eigenvalue weighted by molar-refractivity contribution is 9.10. The van der Waals surface area contributed by atoms with Crippen molar-refractivity contribution in [3.63, 3.8) is 0 Å². The molecule has 0 spiro atoms. The van der Waals surface area contributed by atoms with E-state index in [4.69, 9.17) is 14.7 Å². The first-order valence-electron chi connectivity index (χ1n) is 5.84. The Hall–Kier alpha value is -1.25. The van der Waals surface area contributed by atoms with Crippen LogP contribution in [0.15, 0.2) is 16.6 Å². The van der Waals surface area contributed by atoms with Crippen LogP contribution in [0.1, 0.15) is 31.4 Å². The molecule has 2 atom stereocenters. The normalized spacial score (nSPS) is 16.1. The fraction of sp³-hybridized carbons (Fsp3) is 0.462. The number of nitriles is 1. The van der Waals surface area contributed by atoms with Gasteiger partial charge in [-0.3, -0.25) is 0 Å². The van der Waals surface area contributed by atoms with Gasteiger partial charge in [0.25, 0.3) is 0 Å². The summed E-state index contributed by atoms with van der Waals surface area (Å²) in [4.78, 5) is 0. The first-order valence-corrected chi connectivity index (χ1v) is 6.63. The molecule has 1 aromatic carbocycles. The molecule has 1 aromatic rings. The van der Waals surface area contributed by atoms with Crippen LogP contribution in [0.3, 0.4) is 0 Å². The second-order valence-corrected chi connectivity index (χ2v) is 5.06. The number of halogens is 1. The molecule has 2 unspecified atom stereocenters. The van der Waals surface area contributed by atoms with Gasteiger partial charge in [0.05, 0.1) is 22.6 Å². The number of aliphatic hydroxyl groups excluding tert-OH is 1. The quantitative estimate of drug-likeness (QED) is 0.927. The molecular formula is C13H14BrNO3. The number of ether oxygens (including phenoxy) is 2. The minimum absolute atomic E-state index is 0.185. The fourth-order valence-corrected chi connectivity index (χ4v) is 2.57. The summed E-state index contributed by atoms with van der Waals surface area (Å²) < 4.78 is 11.3. The fourth-order valence-electron chi connectivity index (χ4n) is 1.99. The smallest absolute Gasteiger partial charge is 0.231 e. The average molecular weight is 312 g/mol. The first kappa shape index (κ1) is 13.2. The highest BCUT2D eigenvalue weighted by Gasteiger charge is 2.24. The highest BCUT2D eigenvalue weighted by Crippen LogP contribution is 2.42. The lowest BCUT2D eigenvalue weighted by molar-refractivity contribution is 0.129. The molecule has 2 rings (SSSR count). The van der Waals surface area contributed by atoms with Crippen molar-refractivity contribution in [3.05, 3.63) is 22.2 Å². The number of hydrogen-bond donors (Lipinski definition) is 1. The summed E-state index contributed by atoms with van der Waals surface area (Å²) >= 11 is 3.38. The van der Waals surface area contributed by atoms with Gasteiger partial charge in [-0.05, 0) is 40.0 Å². The van der Waals surface area contributed by atoms with E-state index in [1.54, 1.807) is 12.1 Å². The van der Waals surface area contributed by atoms with Crippen LogP contribution in [0.4, 0.5) is 0 Å². The van der Waals surface area contributed by atoms with Gasteiger partial charge in [-0.15, -0.1) is 0 Å². The Labute approximate surface area is 114 Å². The molecule has 5 heteroatoms. The number of fused-ring (bicyclic) bond motifs is 1. The second-order valence-electron chi connectivity index (χ2n) is 4.21. The molecular weight excluding hydrogens is 298 g/mol. The number of hydrogen-bond acceptors (Lipinski definition) is 4. The van der Waals surface area contributed by atoms with Crippen molar-refractivity contribution < 1.29 is 14.6 Å². The van der Waals surface area contributed by atoms with E-state index in [0.29, 0.717) is 23.5 Å². The highest BCUT2D eigenvalue weighted by atomic mass is 79.9. The lowest BCUT2D eigenvalue weighted by atomic mass is 9.93. The lowest BCUT2D eigenvalue weighted by Crippen LogP contribution is -2.10. The van der Waals surface area contributed by atoms with E-state index >= 15 is 0 Å². The van der Waals surface area contributed by atoms with E-state index in [1.807, 2.05) is 6.92 Å². The molecule has 0 aromatic heterocycles. The third kappa shape index (κ3) is 2.45. The molecule has 1 N–H and O–H groups in total. The van der Waals surface area contributed by atoms with Gasteiger partial charge in [0.15, 0.2) is 11.5 Å². The van der Waals surface area contributed by atoms with E-state index in [-0.39, 0.29) is 6.79 Å². The monoisotopic (exact) mass is 311 g/mol. The van der Waals surface area contributed by atoms with Crippen molar-refractivity contribution in [1.29, 1.82) is 5.26 Å². The molecule has 4 nitrogen and oxygen atoms in total. The van der Waals surface area contributed by atoms with E-state index in [2.05, 4.69) is 22.0 Å². The molecule has 0 bridgehead atoms. The van der Waals surface area contributed by atoms with Crippen molar-refractivity contribution in [3.8, 4) is 17.6 Å². The van der Waals surface area contributed by atoms with Crippen LogP contribution < -0.4 is 9.47 Å². The van der Waals surface area contributed by atoms with Crippen LogP contribution in [-0.2, 0) is 0 Å². The third-order valence-electron chi connectivity index (χ3n) is 2.94. The van der Waals surface area contributed by atoms with Crippen LogP contribution in [0.2, 0.25) is 0 Å². The summed E-state index contributed by atoms with van der Waals surface area (Å²) in [5.74, 6) is 0.851. The summed E-state index contributed by atoms with van der Waals surface area (Å²) in [5.41, 5.74) is 0.672. The predicted octanol–water partition coefficient (Wildman–Crippen LogP) is 3.15. The Morgan fingerprint density at radius 2 is 2.28 bits per heavy atom. The van der Waals surface area contributed by atoms with Gasteiger partial charge >= 0.3 is 0 Å². The van der Waals surface area contributed by atoms with Gasteiger partial charge < -0.3 is 14.6 Å². The first-order chi connectivity index (χ1) is 8.67. The summed E-state index contributed by atoms with van der Waals surface area (Å²) in [7, 11) is 0. The zero-order valence-corrected chi connectivity index (χ0v) is 11.6. The number of rotatable bonds is 4. The lowest BCUT2D eigenvalue weighted by Gasteiger charge is -2.17. The zero-order chi connectivity index (χ0) is 13.1. The predicted molar refractivity (Wildman–Crippen MR) is 69.2 cm³/mol. The van der Waals surface area contributed by atoms with E-state index in [0.717, 1.165) is 10.9 Å². The van der Waals surface area contributed by atoms with Crippen molar-refractivity contribution in [2.45, 2.75) is 25.9 Å². The average Bonchev–Trinajstić information content (AvgIpc) is 2.83. The number of nitrogens with zero attached hydrogens (tertiary/aromatic N) is 1. The molecule has 1 heterocycles. The van der Waals surface area contributed by atoms with E-state index in [1.165, 1.54) is 0 Å². The van der Waals surface area contributed by atoms with Crippen molar-refractivity contribution >= 4 is 15.9 Å². The topological polar surface area (TPSA) is 62.5 Å². The molecule has 18 heavy (non-hydrogen) atoms. The number of aliphatic hydroxyl groups is 1. The largest absolute Gasteiger partial charge is 0.454 e. The molecule has 0 saturated heterocycles. The van der Waals surface area contributed by atoms with Gasteiger partial charge in [-0.2, -0.15) is 5.26 Å². The summed E-state index contributed by atoms with van der Waals surface area (Å²) in [6.07, 6.45) is 0.728. The molecule has 1 aliphatic rings. The maximum absolute atomic E-state index is 10.2. The van der Waals surface area contributed by atoms with Crippen LogP contribution >= 0.6 is 15.9 Å². The summed E-state index contributed by atoms with van der Waals surface area (Å²) in [5, 5.41) is 19.3. The zero-order valence-electron chi connectivity index (χ0n) is 10.0. The summed E-state index contributed by atoms with van der Waals surface area (Å²) in [6, 6.07) is 5.66. The van der Waals surface area contributed by atoms with Crippen LogP contribution in [0, 0.1) is 17.2 Å². The molecule has 1 aliphatic heterocycles. The molecule has 0 aliphatic carbocycles. The maximum Gasteiger partial charge on any atom is 0.231 e. The molecule has 96 valence electrons. The van der Waals surface area contributed by atoms with Crippen LogP contribution in [0.25, 0.3) is 0 Å². The van der Waals surface area contributed by atoms with Gasteiger partial charge in [-0.25, -0.2) is 0 Å². The van der Waals surface area contributed by atoms with Crippen molar-refractivity contribution in [2.24, 2.45) is 5.92 Å². The second kappa shape index (κ2) is 5.59. The summed E-state index contributed by atoms with van der Waals surface area (Å²) in [6.45, 7) is 2.18. The molecule has 0 saturated carbocycles. The SMILES string of the molecule is CCCC(C#N)C(O)c1cc(Br)c2c(c1)OCO2. The Kier molecular flexibility index (Phi) is 4.10. The van der Waals surface area contributed by atoms with Crippen LogP contribution in [-0.4, -0.2) is 11.9 Å². The van der Waals surface area contributed by atoms with Crippen LogP contribution in [0.5, 0.6) is 11.5 Å². The molecule has 0 fully saturated rings. The standard InChI is InChI=1S/C13H14BrNO3/c1-2-3-8(6-15)12(16)9-4-10(14)13-11(5-9)17-7-18-13/h4-5,8,12,16H,2-3,7H2,1H3.